The third-order valence-electron chi connectivity index (χ3n) is 4.76. The summed E-state index contributed by atoms with van der Waals surface area (Å²) in [5.41, 5.74) is 0. The van der Waals surface area contributed by atoms with Crippen LogP contribution in [0.5, 0.6) is 0 Å². The van der Waals surface area contributed by atoms with Gasteiger partial charge in [0.05, 0.1) is 6.42 Å². The second kappa shape index (κ2) is 23.2. The number of nitrogens with zero attached hydrogens (tertiary/aromatic N) is 1. The first-order valence-corrected chi connectivity index (χ1v) is 10.7. The summed E-state index contributed by atoms with van der Waals surface area (Å²) in [6.07, 6.45) is 23.6. The number of carboxylic acids is 1. The molecule has 0 aromatic rings. The summed E-state index contributed by atoms with van der Waals surface area (Å²) in [4.78, 5) is 12.6. The van der Waals surface area contributed by atoms with Crippen molar-refractivity contribution in [2.45, 2.75) is 103 Å². The van der Waals surface area contributed by atoms with Gasteiger partial charge in [0.1, 0.15) is 0 Å². The topological polar surface area (TPSA) is 40.5 Å². The van der Waals surface area contributed by atoms with E-state index >= 15 is 0 Å². The fraction of sp³-hybridized carbons (Fsp3) is 0.864. The summed E-state index contributed by atoms with van der Waals surface area (Å²) in [6, 6.07) is 0. The van der Waals surface area contributed by atoms with E-state index < -0.39 is 5.97 Å². The molecule has 0 aromatic heterocycles. The van der Waals surface area contributed by atoms with E-state index in [-0.39, 0.29) is 36.0 Å². The van der Waals surface area contributed by atoms with E-state index in [1.165, 1.54) is 89.9 Å². The largest absolute Gasteiger partial charge is 0.481 e. The summed E-state index contributed by atoms with van der Waals surface area (Å²) in [7, 11) is 2.01. The molecule has 0 rings (SSSR count). The summed E-state index contributed by atoms with van der Waals surface area (Å²) < 4.78 is 0. The predicted molar refractivity (Wildman–Crippen MR) is 115 cm³/mol. The van der Waals surface area contributed by atoms with E-state index in [0.29, 0.717) is 6.54 Å². The van der Waals surface area contributed by atoms with Crippen LogP contribution in [0.2, 0.25) is 0 Å². The Bertz CT molecular complexity index is 321. The van der Waals surface area contributed by atoms with Crippen molar-refractivity contribution >= 4 is 35.5 Å². The standard InChI is InChI=1S/C22H43NO2.Na/c1-3-4-5-6-7-8-9-10-11-12-13-14-15-16-17-18-20-23(2)21-19-22(24)25;/h10-11H,3-9,12-21H2,1-2H3,(H,24,25);/b11-10-;. The second-order valence-electron chi connectivity index (χ2n) is 7.38. The Hall–Kier alpha value is 0.170. The third kappa shape index (κ3) is 24.2. The summed E-state index contributed by atoms with van der Waals surface area (Å²) in [5.74, 6) is -0.701. The van der Waals surface area contributed by atoms with Crippen molar-refractivity contribution < 1.29 is 9.90 Å². The van der Waals surface area contributed by atoms with Crippen molar-refractivity contribution in [1.29, 1.82) is 0 Å². The van der Waals surface area contributed by atoms with E-state index in [1.807, 2.05) is 7.05 Å². The van der Waals surface area contributed by atoms with Gasteiger partial charge in [-0.05, 0) is 45.7 Å². The van der Waals surface area contributed by atoms with Gasteiger partial charge < -0.3 is 10.0 Å². The van der Waals surface area contributed by atoms with Crippen LogP contribution in [0.15, 0.2) is 12.2 Å². The van der Waals surface area contributed by atoms with Crippen molar-refractivity contribution in [3.63, 3.8) is 0 Å². The van der Waals surface area contributed by atoms with Crippen LogP contribution >= 0.6 is 0 Å². The second-order valence-corrected chi connectivity index (χ2v) is 7.38. The molecule has 0 unspecified atom stereocenters. The van der Waals surface area contributed by atoms with Gasteiger partial charge in [-0.1, -0.05) is 76.9 Å². The molecule has 0 aliphatic heterocycles. The third-order valence-corrected chi connectivity index (χ3v) is 4.76. The summed E-state index contributed by atoms with van der Waals surface area (Å²) in [6.45, 7) is 3.96. The van der Waals surface area contributed by atoms with E-state index in [0.717, 1.165) is 6.54 Å². The van der Waals surface area contributed by atoms with Crippen LogP contribution in [-0.2, 0) is 4.79 Å². The zero-order valence-corrected chi connectivity index (χ0v) is 20.0. The normalized spacial score (nSPS) is 11.2. The average molecular weight is 377 g/mol. The molecule has 0 aromatic carbocycles. The first-order valence-electron chi connectivity index (χ1n) is 10.7. The van der Waals surface area contributed by atoms with E-state index in [1.54, 1.807) is 0 Å². The first kappa shape index (κ1) is 28.4. The molecule has 0 fully saturated rings. The molecule has 0 saturated carbocycles. The van der Waals surface area contributed by atoms with Gasteiger partial charge in [-0.3, -0.25) is 4.79 Å². The Labute approximate surface area is 185 Å². The molecular weight excluding hydrogens is 333 g/mol. The van der Waals surface area contributed by atoms with Crippen molar-refractivity contribution in [3.05, 3.63) is 12.2 Å². The van der Waals surface area contributed by atoms with Crippen molar-refractivity contribution in [3.8, 4) is 0 Å². The molecule has 0 saturated heterocycles. The predicted octanol–water partition coefficient (Wildman–Crippen LogP) is 6.05. The molecule has 3 nitrogen and oxygen atoms in total. The summed E-state index contributed by atoms with van der Waals surface area (Å²) >= 11 is 0. The number of rotatable bonds is 19. The minimum Gasteiger partial charge on any atom is -0.481 e. The van der Waals surface area contributed by atoms with E-state index in [4.69, 9.17) is 5.11 Å². The van der Waals surface area contributed by atoms with Gasteiger partial charge in [0.15, 0.2) is 0 Å². The van der Waals surface area contributed by atoms with Crippen molar-refractivity contribution in [1.82, 2.24) is 4.90 Å². The Kier molecular flexibility index (Phi) is 25.3. The molecule has 149 valence electrons. The number of hydrogen-bond donors (Lipinski definition) is 1. The monoisotopic (exact) mass is 376 g/mol. The van der Waals surface area contributed by atoms with Crippen molar-refractivity contribution in [2.24, 2.45) is 0 Å². The van der Waals surface area contributed by atoms with Crippen LogP contribution in [0.3, 0.4) is 0 Å². The number of carboxylic acid groups (broad SMARTS) is 1. The van der Waals surface area contributed by atoms with Crippen molar-refractivity contribution in [2.75, 3.05) is 20.1 Å². The molecule has 26 heavy (non-hydrogen) atoms. The SMILES string of the molecule is CCCCCCCC/C=C\CCCCCCCCN(C)CCC(=O)O.[Na]. The number of aliphatic carboxylic acids is 1. The van der Waals surface area contributed by atoms with Crippen LogP contribution in [0.25, 0.3) is 0 Å². The molecule has 0 atom stereocenters. The number of unbranched alkanes of at least 4 members (excludes halogenated alkanes) is 12. The maximum Gasteiger partial charge on any atom is 0.304 e. The van der Waals surface area contributed by atoms with Crippen LogP contribution in [-0.4, -0.2) is 65.7 Å². The molecule has 0 amide bonds. The molecule has 0 heterocycles. The van der Waals surface area contributed by atoms with Gasteiger partial charge >= 0.3 is 5.97 Å². The van der Waals surface area contributed by atoms with Crippen LogP contribution < -0.4 is 0 Å². The maximum atomic E-state index is 10.5. The van der Waals surface area contributed by atoms with E-state index in [9.17, 15) is 4.79 Å². The Morgan fingerprint density at radius 3 is 1.73 bits per heavy atom. The Balaban J connectivity index is 0. The Morgan fingerprint density at radius 1 is 0.769 bits per heavy atom. The number of hydrogen-bond acceptors (Lipinski definition) is 2. The molecular formula is C22H43NNaO2. The zero-order valence-electron chi connectivity index (χ0n) is 18.0. The van der Waals surface area contributed by atoms with Crippen LogP contribution in [0.1, 0.15) is 103 Å². The van der Waals surface area contributed by atoms with Crippen LogP contribution in [0.4, 0.5) is 0 Å². The molecule has 0 bridgehead atoms. The van der Waals surface area contributed by atoms with Gasteiger partial charge in [-0.15, -0.1) is 0 Å². The molecule has 0 aliphatic carbocycles. The fourth-order valence-corrected chi connectivity index (χ4v) is 3.03. The maximum absolute atomic E-state index is 10.5. The average Bonchev–Trinajstić information content (AvgIpc) is 2.59. The minimum atomic E-state index is -0.701. The first-order chi connectivity index (χ1) is 12.2. The number of carbonyl (C=O) groups is 1. The molecule has 1 radical (unpaired) electrons. The quantitative estimate of drug-likeness (QED) is 0.169. The van der Waals surface area contributed by atoms with Gasteiger partial charge in [0, 0.05) is 36.1 Å². The zero-order chi connectivity index (χ0) is 18.6. The smallest absolute Gasteiger partial charge is 0.304 e. The fourth-order valence-electron chi connectivity index (χ4n) is 3.03. The van der Waals surface area contributed by atoms with Gasteiger partial charge in [0.2, 0.25) is 0 Å². The van der Waals surface area contributed by atoms with Crippen LogP contribution in [0, 0.1) is 0 Å². The van der Waals surface area contributed by atoms with E-state index in [2.05, 4.69) is 24.0 Å². The number of allylic oxidation sites excluding steroid dienone is 2. The molecule has 0 spiro atoms. The molecule has 1 N–H and O–H groups in total. The minimum absolute atomic E-state index is 0. The Morgan fingerprint density at radius 2 is 1.23 bits per heavy atom. The van der Waals surface area contributed by atoms with Gasteiger partial charge in [-0.25, -0.2) is 0 Å². The van der Waals surface area contributed by atoms with Gasteiger partial charge in [-0.2, -0.15) is 0 Å². The molecule has 0 aliphatic rings. The van der Waals surface area contributed by atoms with Gasteiger partial charge in [0.25, 0.3) is 0 Å². The molecule has 4 heteroatoms. The summed E-state index contributed by atoms with van der Waals surface area (Å²) in [5, 5.41) is 8.64.